The van der Waals surface area contributed by atoms with Gasteiger partial charge in [-0.15, -0.1) is 0 Å². The molecule has 40 heavy (non-hydrogen) atoms. The van der Waals surface area contributed by atoms with Crippen molar-refractivity contribution in [2.24, 2.45) is 27.9 Å². The molecule has 12 N–H and O–H groups in total. The molecular weight excluding hydrogens is 524 g/mol. The number of carbonyl (C=O) groups excluding carboxylic acids is 4. The number of guanidine groups is 1. The number of nitrogens with two attached hydrogens (primary N) is 4. The van der Waals surface area contributed by atoms with E-state index in [-0.39, 0.29) is 50.5 Å². The number of hydrogen-bond acceptors (Lipinski definition) is 8. The number of aliphatic carboxylic acids is 1. The molecule has 1 fully saturated rings. The maximum absolute atomic E-state index is 13.5. The molecule has 1 aromatic carbocycles. The van der Waals surface area contributed by atoms with E-state index in [0.29, 0.717) is 24.8 Å². The molecule has 1 aliphatic rings. The summed E-state index contributed by atoms with van der Waals surface area (Å²) in [6.45, 7) is 0.414. The van der Waals surface area contributed by atoms with Gasteiger partial charge in [-0.3, -0.25) is 24.2 Å². The highest BCUT2D eigenvalue weighted by molar-refractivity contribution is 5.94. The molecule has 0 spiro atoms. The van der Waals surface area contributed by atoms with E-state index in [9.17, 15) is 34.2 Å². The maximum Gasteiger partial charge on any atom is 0.326 e. The Labute approximate surface area is 231 Å². The Kier molecular flexibility index (Phi) is 12.1. The van der Waals surface area contributed by atoms with E-state index in [0.717, 1.165) is 0 Å². The average Bonchev–Trinajstić information content (AvgIpc) is 3.39. The molecule has 4 atom stereocenters. The number of phenolic OH excluding ortho intramolecular Hbond substituents is 1. The van der Waals surface area contributed by atoms with Crippen molar-refractivity contribution in [3.05, 3.63) is 29.8 Å². The third-order valence-electron chi connectivity index (χ3n) is 6.43. The van der Waals surface area contributed by atoms with Crippen molar-refractivity contribution in [1.82, 2.24) is 15.5 Å². The molecule has 2 rings (SSSR count). The van der Waals surface area contributed by atoms with Crippen LogP contribution in [0.2, 0.25) is 0 Å². The summed E-state index contributed by atoms with van der Waals surface area (Å²) in [5.74, 6) is -3.83. The Morgan fingerprint density at radius 3 is 2.30 bits per heavy atom. The normalized spacial score (nSPS) is 16.8. The Balaban J connectivity index is 2.14. The quantitative estimate of drug-likeness (QED) is 0.0639. The monoisotopic (exact) mass is 562 g/mol. The van der Waals surface area contributed by atoms with Gasteiger partial charge < -0.3 is 48.7 Å². The molecule has 0 aliphatic carbocycles. The molecule has 4 unspecified atom stereocenters. The first-order chi connectivity index (χ1) is 18.9. The standard InChI is InChI=1S/C25H38N8O7/c26-16(9-10-20(27)35)21(36)31-17(3-1-11-30-25(28)29)23(38)33-12-2-4-19(33)22(37)32-18(24(39)40)13-14-5-7-15(34)8-6-14/h5-8,16-19,34H,1-4,9-13,26H2,(H2,27,35)(H,31,36)(H,32,37)(H,39,40)(H4,28,29,30). The van der Waals surface area contributed by atoms with Gasteiger partial charge in [-0.25, -0.2) is 4.79 Å². The highest BCUT2D eigenvalue weighted by atomic mass is 16.4. The van der Waals surface area contributed by atoms with E-state index in [1.165, 1.54) is 17.0 Å². The number of carboxylic acids is 1. The molecule has 0 saturated carbocycles. The number of carbonyl (C=O) groups is 5. The number of primary amides is 1. The largest absolute Gasteiger partial charge is 0.508 e. The summed E-state index contributed by atoms with van der Waals surface area (Å²) in [5.41, 5.74) is 22.3. The second-order valence-electron chi connectivity index (χ2n) is 9.58. The molecule has 1 aromatic rings. The van der Waals surface area contributed by atoms with Crippen LogP contribution in [0.3, 0.4) is 0 Å². The zero-order chi connectivity index (χ0) is 29.8. The second-order valence-corrected chi connectivity index (χ2v) is 9.58. The van der Waals surface area contributed by atoms with Gasteiger partial charge in [0.15, 0.2) is 5.96 Å². The zero-order valence-electron chi connectivity index (χ0n) is 22.1. The molecule has 0 radical (unpaired) electrons. The number of benzene rings is 1. The van der Waals surface area contributed by atoms with Crippen molar-refractivity contribution in [2.45, 2.75) is 69.1 Å². The maximum atomic E-state index is 13.5. The number of likely N-dealkylation sites (tertiary alicyclic amines) is 1. The van der Waals surface area contributed by atoms with Gasteiger partial charge in [-0.2, -0.15) is 0 Å². The number of nitrogens with one attached hydrogen (secondary N) is 2. The second kappa shape index (κ2) is 15.3. The van der Waals surface area contributed by atoms with Gasteiger partial charge in [0.05, 0.1) is 6.04 Å². The van der Waals surface area contributed by atoms with Crippen molar-refractivity contribution >= 4 is 35.6 Å². The Morgan fingerprint density at radius 1 is 1.02 bits per heavy atom. The summed E-state index contributed by atoms with van der Waals surface area (Å²) in [5, 5.41) is 24.2. The predicted octanol–water partition coefficient (Wildman–Crippen LogP) is -2.37. The van der Waals surface area contributed by atoms with E-state index in [2.05, 4.69) is 15.6 Å². The first-order valence-electron chi connectivity index (χ1n) is 12.9. The van der Waals surface area contributed by atoms with Gasteiger partial charge in [0.1, 0.15) is 23.9 Å². The van der Waals surface area contributed by atoms with Crippen molar-refractivity contribution in [3.63, 3.8) is 0 Å². The molecule has 1 heterocycles. The summed E-state index contributed by atoms with van der Waals surface area (Å²) < 4.78 is 0. The molecule has 0 bridgehead atoms. The first-order valence-corrected chi connectivity index (χ1v) is 12.9. The number of nitrogens with zero attached hydrogens (tertiary/aromatic N) is 2. The lowest BCUT2D eigenvalue weighted by molar-refractivity contribution is -0.145. The molecular formula is C25H38N8O7. The van der Waals surface area contributed by atoms with Crippen LogP contribution in [-0.4, -0.2) is 87.9 Å². The van der Waals surface area contributed by atoms with Crippen LogP contribution in [0.1, 0.15) is 44.1 Å². The van der Waals surface area contributed by atoms with E-state index >= 15 is 0 Å². The molecule has 15 heteroatoms. The lowest BCUT2D eigenvalue weighted by Gasteiger charge is -2.30. The number of carboxylic acid groups (broad SMARTS) is 1. The minimum atomic E-state index is -1.27. The van der Waals surface area contributed by atoms with E-state index in [1.54, 1.807) is 12.1 Å². The summed E-state index contributed by atoms with van der Waals surface area (Å²) in [6, 6.07) is 1.54. The number of aliphatic imine (C=N–C) groups is 1. The molecule has 1 saturated heterocycles. The third-order valence-corrected chi connectivity index (χ3v) is 6.43. The minimum absolute atomic E-state index is 0.0115. The van der Waals surface area contributed by atoms with E-state index in [1.807, 2.05) is 0 Å². The van der Waals surface area contributed by atoms with Crippen LogP contribution >= 0.6 is 0 Å². The van der Waals surface area contributed by atoms with Crippen LogP contribution in [0.25, 0.3) is 0 Å². The van der Waals surface area contributed by atoms with Gasteiger partial charge >= 0.3 is 5.97 Å². The van der Waals surface area contributed by atoms with Crippen molar-refractivity contribution in [2.75, 3.05) is 13.1 Å². The average molecular weight is 563 g/mol. The van der Waals surface area contributed by atoms with Gasteiger partial charge in [0, 0.05) is 25.9 Å². The Hall–Kier alpha value is -4.40. The molecule has 1 aliphatic heterocycles. The van der Waals surface area contributed by atoms with Gasteiger partial charge in [0.2, 0.25) is 23.6 Å². The number of aromatic hydroxyl groups is 1. The number of amides is 4. The minimum Gasteiger partial charge on any atom is -0.508 e. The van der Waals surface area contributed by atoms with Crippen LogP contribution in [0, 0.1) is 0 Å². The molecule has 4 amide bonds. The lowest BCUT2D eigenvalue weighted by Crippen LogP contribution is -2.57. The van der Waals surface area contributed by atoms with Crippen LogP contribution in [-0.2, 0) is 30.4 Å². The highest BCUT2D eigenvalue weighted by Gasteiger charge is 2.39. The number of phenols is 1. The third kappa shape index (κ3) is 10.1. The van der Waals surface area contributed by atoms with Crippen molar-refractivity contribution in [3.8, 4) is 5.75 Å². The van der Waals surface area contributed by atoms with Crippen molar-refractivity contribution < 1.29 is 34.2 Å². The fourth-order valence-corrected chi connectivity index (χ4v) is 4.31. The molecule has 15 nitrogen and oxygen atoms in total. The van der Waals surface area contributed by atoms with Gasteiger partial charge in [-0.1, -0.05) is 12.1 Å². The zero-order valence-corrected chi connectivity index (χ0v) is 22.1. The Bertz CT molecular complexity index is 1090. The summed E-state index contributed by atoms with van der Waals surface area (Å²) >= 11 is 0. The fourth-order valence-electron chi connectivity index (χ4n) is 4.31. The first kappa shape index (κ1) is 31.8. The molecule has 220 valence electrons. The number of hydrogen-bond donors (Lipinski definition) is 8. The van der Waals surface area contributed by atoms with E-state index < -0.39 is 53.8 Å². The predicted molar refractivity (Wildman–Crippen MR) is 144 cm³/mol. The smallest absolute Gasteiger partial charge is 0.326 e. The molecule has 0 aromatic heterocycles. The van der Waals surface area contributed by atoms with Crippen molar-refractivity contribution in [1.29, 1.82) is 0 Å². The van der Waals surface area contributed by atoms with E-state index in [4.69, 9.17) is 22.9 Å². The summed E-state index contributed by atoms with van der Waals surface area (Å²) in [4.78, 5) is 67.5. The van der Waals surface area contributed by atoms with Crippen LogP contribution in [0.4, 0.5) is 0 Å². The SMILES string of the molecule is NC(=O)CCC(N)C(=O)NC(CCCN=C(N)N)C(=O)N1CCCC1C(=O)NC(Cc1ccc(O)cc1)C(=O)O. The van der Waals surface area contributed by atoms with Crippen LogP contribution in [0.5, 0.6) is 5.75 Å². The highest BCUT2D eigenvalue weighted by Crippen LogP contribution is 2.21. The van der Waals surface area contributed by atoms with Gasteiger partial charge in [0.25, 0.3) is 0 Å². The lowest BCUT2D eigenvalue weighted by atomic mass is 10.0. The topological polar surface area (TPSA) is 270 Å². The van der Waals surface area contributed by atoms with Gasteiger partial charge in [-0.05, 0) is 49.8 Å². The number of rotatable bonds is 15. The van der Waals surface area contributed by atoms with Crippen LogP contribution in [0.15, 0.2) is 29.3 Å². The summed E-state index contributed by atoms with van der Waals surface area (Å²) in [6.07, 6.45) is 1.09. The summed E-state index contributed by atoms with van der Waals surface area (Å²) in [7, 11) is 0. The Morgan fingerprint density at radius 2 is 1.70 bits per heavy atom. The van der Waals surface area contributed by atoms with Crippen LogP contribution < -0.4 is 33.6 Å². The fraction of sp³-hybridized carbons (Fsp3) is 0.520.